The molecule has 1 heterocycles. The Morgan fingerprint density at radius 2 is 1.96 bits per heavy atom. The topological polar surface area (TPSA) is 74.8 Å². The van der Waals surface area contributed by atoms with Crippen LogP contribution in [0.5, 0.6) is 0 Å². The van der Waals surface area contributed by atoms with E-state index in [-0.39, 0.29) is 18.3 Å². The molecule has 1 fully saturated rings. The van der Waals surface area contributed by atoms with Crippen molar-refractivity contribution in [2.75, 3.05) is 0 Å². The Labute approximate surface area is 131 Å². The lowest BCUT2D eigenvalue weighted by Gasteiger charge is -2.05. The highest BCUT2D eigenvalue weighted by Crippen LogP contribution is 2.45. The van der Waals surface area contributed by atoms with Crippen LogP contribution < -0.4 is 4.72 Å². The summed E-state index contributed by atoms with van der Waals surface area (Å²) in [6, 6.07) is 9.26. The Kier molecular flexibility index (Phi) is 3.93. The number of aromatic nitrogens is 2. The van der Waals surface area contributed by atoms with Crippen LogP contribution >= 0.6 is 0 Å². The average Bonchev–Trinajstić information content (AvgIpc) is 3.16. The van der Waals surface area contributed by atoms with Gasteiger partial charge in [0.25, 0.3) is 0 Å². The van der Waals surface area contributed by atoms with Gasteiger partial charge in [-0.05, 0) is 12.0 Å². The van der Waals surface area contributed by atoms with Crippen molar-refractivity contribution < 1.29 is 21.6 Å². The van der Waals surface area contributed by atoms with Gasteiger partial charge in [-0.2, -0.15) is 13.2 Å². The first-order valence-electron chi connectivity index (χ1n) is 6.92. The maximum Gasteiger partial charge on any atom is 0.432 e. The molecule has 1 aliphatic carbocycles. The summed E-state index contributed by atoms with van der Waals surface area (Å²) in [4.78, 5) is 5.61. The van der Waals surface area contributed by atoms with E-state index in [0.717, 1.165) is 5.56 Å². The van der Waals surface area contributed by atoms with Gasteiger partial charge in [0.05, 0.1) is 18.0 Å². The van der Waals surface area contributed by atoms with Gasteiger partial charge in [0.1, 0.15) is 11.5 Å². The van der Waals surface area contributed by atoms with Crippen LogP contribution in [-0.4, -0.2) is 23.6 Å². The number of rotatable bonds is 5. The van der Waals surface area contributed by atoms with Crippen molar-refractivity contribution in [1.29, 1.82) is 0 Å². The SMILES string of the molecule is O=S(=O)(NCc1ncc(C(F)(F)F)[nH]1)[C@@H]1C[C@H]1c1ccccc1. The molecule has 1 aliphatic rings. The number of halogens is 3. The predicted molar refractivity (Wildman–Crippen MR) is 76.9 cm³/mol. The average molecular weight is 345 g/mol. The summed E-state index contributed by atoms with van der Waals surface area (Å²) in [5, 5.41) is -0.554. The number of alkyl halides is 3. The minimum absolute atomic E-state index is 0.0715. The summed E-state index contributed by atoms with van der Waals surface area (Å²) in [6.45, 7) is -0.295. The molecule has 23 heavy (non-hydrogen) atoms. The van der Waals surface area contributed by atoms with E-state index >= 15 is 0 Å². The molecule has 3 rings (SSSR count). The lowest BCUT2D eigenvalue weighted by molar-refractivity contribution is -0.140. The maximum absolute atomic E-state index is 12.4. The van der Waals surface area contributed by atoms with E-state index in [4.69, 9.17) is 0 Å². The summed E-state index contributed by atoms with van der Waals surface area (Å²) >= 11 is 0. The second-order valence-electron chi connectivity index (χ2n) is 5.40. The van der Waals surface area contributed by atoms with Crippen molar-refractivity contribution in [1.82, 2.24) is 14.7 Å². The van der Waals surface area contributed by atoms with Gasteiger partial charge in [0.2, 0.25) is 10.0 Å². The van der Waals surface area contributed by atoms with Crippen molar-refractivity contribution >= 4 is 10.0 Å². The van der Waals surface area contributed by atoms with Crippen LogP contribution in [0.25, 0.3) is 0 Å². The number of hydrogen-bond donors (Lipinski definition) is 2. The standard InChI is InChI=1S/C14H14F3N3O2S/c15-14(16,17)12-7-18-13(20-12)8-19-23(21,22)11-6-10(11)9-4-2-1-3-5-9/h1-5,7,10-11,19H,6,8H2,(H,18,20)/t10-,11+/m0/s1. The molecule has 1 aromatic heterocycles. The van der Waals surface area contributed by atoms with Crippen molar-refractivity contribution in [2.24, 2.45) is 0 Å². The molecule has 9 heteroatoms. The first kappa shape index (κ1) is 16.0. The van der Waals surface area contributed by atoms with Crippen LogP contribution in [0.3, 0.4) is 0 Å². The first-order valence-corrected chi connectivity index (χ1v) is 8.46. The highest BCUT2D eigenvalue weighted by molar-refractivity contribution is 7.90. The van der Waals surface area contributed by atoms with Crippen LogP contribution in [0.4, 0.5) is 13.2 Å². The molecule has 0 bridgehead atoms. The van der Waals surface area contributed by atoms with E-state index in [1.807, 2.05) is 30.3 Å². The summed E-state index contributed by atoms with van der Waals surface area (Å²) in [6.07, 6.45) is -3.38. The number of sulfonamides is 1. The third kappa shape index (κ3) is 3.56. The number of nitrogens with zero attached hydrogens (tertiary/aromatic N) is 1. The molecule has 2 atom stereocenters. The van der Waals surface area contributed by atoms with E-state index in [9.17, 15) is 21.6 Å². The molecule has 2 aromatic rings. The van der Waals surface area contributed by atoms with Crippen LogP contribution in [0.15, 0.2) is 36.5 Å². The molecule has 0 amide bonds. The second-order valence-corrected chi connectivity index (χ2v) is 7.38. The fraction of sp³-hybridized carbons (Fsp3) is 0.357. The zero-order valence-electron chi connectivity index (χ0n) is 11.8. The van der Waals surface area contributed by atoms with Gasteiger partial charge >= 0.3 is 6.18 Å². The summed E-state index contributed by atoms with van der Waals surface area (Å²) in [5.74, 6) is -0.145. The Hall–Kier alpha value is -1.87. The monoisotopic (exact) mass is 345 g/mol. The molecule has 0 unspecified atom stereocenters. The van der Waals surface area contributed by atoms with Gasteiger partial charge < -0.3 is 4.98 Å². The van der Waals surface area contributed by atoms with Crippen LogP contribution in [0.2, 0.25) is 0 Å². The van der Waals surface area contributed by atoms with Crippen molar-refractivity contribution in [2.45, 2.75) is 30.3 Å². The second kappa shape index (κ2) is 5.64. The molecule has 0 radical (unpaired) electrons. The van der Waals surface area contributed by atoms with Gasteiger partial charge in [-0.3, -0.25) is 0 Å². The summed E-state index contributed by atoms with van der Waals surface area (Å²) < 4.78 is 64.0. The van der Waals surface area contributed by atoms with E-state index < -0.39 is 27.1 Å². The lowest BCUT2D eigenvalue weighted by Crippen LogP contribution is -2.28. The third-order valence-corrected chi connectivity index (χ3v) is 5.60. The van der Waals surface area contributed by atoms with E-state index in [2.05, 4.69) is 14.7 Å². The fourth-order valence-corrected chi connectivity index (χ4v) is 4.04. The fourth-order valence-electron chi connectivity index (χ4n) is 2.44. The number of imidazole rings is 1. The number of nitrogens with one attached hydrogen (secondary N) is 2. The molecule has 0 aliphatic heterocycles. The largest absolute Gasteiger partial charge is 0.432 e. The maximum atomic E-state index is 12.4. The number of benzene rings is 1. The number of aromatic amines is 1. The normalized spacial score (nSPS) is 21.3. The lowest BCUT2D eigenvalue weighted by atomic mass is 10.1. The van der Waals surface area contributed by atoms with E-state index in [1.54, 1.807) is 0 Å². The molecule has 124 valence electrons. The highest BCUT2D eigenvalue weighted by Gasteiger charge is 2.47. The number of hydrogen-bond acceptors (Lipinski definition) is 3. The van der Waals surface area contributed by atoms with Crippen LogP contribution in [0, 0.1) is 0 Å². The molecular weight excluding hydrogens is 331 g/mol. The molecule has 2 N–H and O–H groups in total. The summed E-state index contributed by atoms with van der Waals surface area (Å²) in [7, 11) is -3.60. The first-order chi connectivity index (χ1) is 10.8. The predicted octanol–water partition coefficient (Wildman–Crippen LogP) is 2.40. The van der Waals surface area contributed by atoms with Gasteiger partial charge in [-0.1, -0.05) is 30.3 Å². The van der Waals surface area contributed by atoms with Crippen molar-refractivity contribution in [3.63, 3.8) is 0 Å². The Morgan fingerprint density at radius 3 is 2.57 bits per heavy atom. The van der Waals surface area contributed by atoms with Crippen molar-refractivity contribution in [3.05, 3.63) is 53.6 Å². The minimum Gasteiger partial charge on any atom is -0.337 e. The van der Waals surface area contributed by atoms with Gasteiger partial charge in [-0.15, -0.1) is 0 Å². The molecule has 1 saturated carbocycles. The Bertz CT molecular complexity index is 787. The molecule has 1 aromatic carbocycles. The zero-order valence-corrected chi connectivity index (χ0v) is 12.7. The Morgan fingerprint density at radius 1 is 1.26 bits per heavy atom. The molecular formula is C14H14F3N3O2S. The smallest absolute Gasteiger partial charge is 0.337 e. The van der Waals surface area contributed by atoms with Crippen LogP contribution in [-0.2, 0) is 22.7 Å². The molecule has 5 nitrogen and oxygen atoms in total. The van der Waals surface area contributed by atoms with Gasteiger partial charge in [0.15, 0.2) is 0 Å². The van der Waals surface area contributed by atoms with E-state index in [0.29, 0.717) is 12.6 Å². The van der Waals surface area contributed by atoms with Gasteiger partial charge in [0, 0.05) is 5.92 Å². The number of H-pyrrole nitrogens is 1. The summed E-state index contributed by atoms with van der Waals surface area (Å²) in [5.41, 5.74) is -0.0551. The van der Waals surface area contributed by atoms with E-state index in [1.165, 1.54) is 0 Å². The van der Waals surface area contributed by atoms with Crippen LogP contribution in [0.1, 0.15) is 29.4 Å². The zero-order chi connectivity index (χ0) is 16.7. The van der Waals surface area contributed by atoms with Crippen molar-refractivity contribution in [3.8, 4) is 0 Å². The minimum atomic E-state index is -4.53. The highest BCUT2D eigenvalue weighted by atomic mass is 32.2. The quantitative estimate of drug-likeness (QED) is 0.874. The molecule has 0 spiro atoms. The third-order valence-electron chi connectivity index (χ3n) is 3.73. The van der Waals surface area contributed by atoms with Gasteiger partial charge in [-0.25, -0.2) is 18.1 Å². The molecule has 0 saturated heterocycles. The Balaban J connectivity index is 1.61.